The first-order valence-corrected chi connectivity index (χ1v) is 13.3. The average molecular weight is 626 g/mol. The smallest absolute Gasteiger partial charge is 0.416 e. The Morgan fingerprint density at radius 3 is 2.07 bits per heavy atom. The summed E-state index contributed by atoms with van der Waals surface area (Å²) < 4.78 is 97.5. The van der Waals surface area contributed by atoms with Gasteiger partial charge in [0.1, 0.15) is 0 Å². The van der Waals surface area contributed by atoms with Gasteiger partial charge in [-0.2, -0.15) is 26.3 Å². The third-order valence-corrected chi connectivity index (χ3v) is 6.82. The van der Waals surface area contributed by atoms with Crippen molar-refractivity contribution in [2.75, 3.05) is 38.2 Å². The van der Waals surface area contributed by atoms with E-state index in [-0.39, 0.29) is 48.7 Å². The van der Waals surface area contributed by atoms with Gasteiger partial charge in [-0.15, -0.1) is 11.6 Å². The zero-order chi connectivity index (χ0) is 31.4. The number of alkyl halides is 7. The SMILES string of the molecule is CCOC(=O)N1c2cc(OC)c(OC)cc2[C@@H](N(Cc2cc(C(F)(F)F)cc(C(F)(F)F)c2)C(=O)NCCCl)C[C@H]1C. The number of methoxy groups -OCH3 is 2. The second kappa shape index (κ2) is 13.2. The number of carbonyl (C=O) groups excluding carboxylic acids is 2. The molecule has 0 aliphatic carbocycles. The lowest BCUT2D eigenvalue weighted by atomic mass is 9.89. The van der Waals surface area contributed by atoms with Crippen LogP contribution in [-0.2, 0) is 23.6 Å². The number of amides is 3. The van der Waals surface area contributed by atoms with Gasteiger partial charge in [0.05, 0.1) is 43.7 Å². The molecule has 0 unspecified atom stereocenters. The van der Waals surface area contributed by atoms with E-state index in [4.69, 9.17) is 25.8 Å². The van der Waals surface area contributed by atoms with Gasteiger partial charge in [-0.05, 0) is 50.1 Å². The number of fused-ring (bicyclic) bond motifs is 1. The summed E-state index contributed by atoms with van der Waals surface area (Å²) in [5.41, 5.74) is -2.81. The molecule has 232 valence electrons. The highest BCUT2D eigenvalue weighted by molar-refractivity contribution is 6.18. The summed E-state index contributed by atoms with van der Waals surface area (Å²) >= 11 is 5.73. The number of halogens is 7. The lowest BCUT2D eigenvalue weighted by Gasteiger charge is -2.43. The molecule has 0 saturated carbocycles. The quantitative estimate of drug-likeness (QED) is 0.253. The maximum atomic E-state index is 13.6. The number of carbonyl (C=O) groups is 2. The molecule has 2 atom stereocenters. The third-order valence-electron chi connectivity index (χ3n) is 6.63. The summed E-state index contributed by atoms with van der Waals surface area (Å²) in [6, 6.07) is 1.83. The van der Waals surface area contributed by atoms with Crippen LogP contribution in [0.1, 0.15) is 48.6 Å². The van der Waals surface area contributed by atoms with Crippen molar-refractivity contribution in [3.63, 3.8) is 0 Å². The molecule has 0 fully saturated rings. The van der Waals surface area contributed by atoms with Gasteiger partial charge in [-0.25, -0.2) is 9.59 Å². The van der Waals surface area contributed by atoms with E-state index in [1.807, 2.05) is 0 Å². The molecular weight excluding hydrogens is 596 g/mol. The summed E-state index contributed by atoms with van der Waals surface area (Å²) in [6.07, 6.45) is -10.8. The molecule has 1 aliphatic heterocycles. The van der Waals surface area contributed by atoms with E-state index < -0.39 is 59.8 Å². The molecule has 0 bridgehead atoms. The highest BCUT2D eigenvalue weighted by Crippen LogP contribution is 2.47. The monoisotopic (exact) mass is 625 g/mol. The van der Waals surface area contributed by atoms with Crippen LogP contribution in [0.25, 0.3) is 0 Å². The molecule has 0 saturated heterocycles. The minimum atomic E-state index is -5.07. The van der Waals surface area contributed by atoms with Crippen LogP contribution in [-0.4, -0.2) is 56.3 Å². The zero-order valence-electron chi connectivity index (χ0n) is 23.2. The maximum Gasteiger partial charge on any atom is 0.416 e. The Hall–Kier alpha value is -3.55. The van der Waals surface area contributed by atoms with Crippen molar-refractivity contribution in [3.05, 3.63) is 52.6 Å². The maximum absolute atomic E-state index is 13.6. The minimum Gasteiger partial charge on any atom is -0.493 e. The van der Waals surface area contributed by atoms with E-state index in [9.17, 15) is 35.9 Å². The number of hydrogen-bond donors (Lipinski definition) is 1. The molecule has 1 aliphatic rings. The predicted octanol–water partition coefficient (Wildman–Crippen LogP) is 6.99. The van der Waals surface area contributed by atoms with E-state index in [0.29, 0.717) is 17.7 Å². The average Bonchev–Trinajstić information content (AvgIpc) is 2.92. The van der Waals surface area contributed by atoms with Gasteiger partial charge in [0.2, 0.25) is 0 Å². The van der Waals surface area contributed by atoms with Gasteiger partial charge in [0.15, 0.2) is 11.5 Å². The van der Waals surface area contributed by atoms with Crippen LogP contribution < -0.4 is 19.7 Å². The highest BCUT2D eigenvalue weighted by atomic mass is 35.5. The molecule has 1 N–H and O–H groups in total. The van der Waals surface area contributed by atoms with Gasteiger partial charge in [0, 0.05) is 36.6 Å². The summed E-state index contributed by atoms with van der Waals surface area (Å²) in [5, 5.41) is 2.54. The van der Waals surface area contributed by atoms with Crippen LogP contribution in [0.4, 0.5) is 41.6 Å². The zero-order valence-corrected chi connectivity index (χ0v) is 23.9. The van der Waals surface area contributed by atoms with Crippen molar-refractivity contribution in [2.24, 2.45) is 0 Å². The van der Waals surface area contributed by atoms with Crippen LogP contribution in [0.2, 0.25) is 0 Å². The van der Waals surface area contributed by atoms with E-state index in [0.717, 1.165) is 4.90 Å². The molecule has 0 aromatic heterocycles. The van der Waals surface area contributed by atoms with Crippen LogP contribution in [0.3, 0.4) is 0 Å². The van der Waals surface area contributed by atoms with Gasteiger partial charge < -0.3 is 24.4 Å². The molecule has 8 nitrogen and oxygen atoms in total. The number of benzene rings is 2. The van der Waals surface area contributed by atoms with Crippen LogP contribution in [0, 0.1) is 0 Å². The molecule has 1 heterocycles. The number of anilines is 1. The first kappa shape index (κ1) is 33.0. The number of rotatable bonds is 8. The summed E-state index contributed by atoms with van der Waals surface area (Å²) in [4.78, 5) is 28.8. The van der Waals surface area contributed by atoms with E-state index in [1.165, 1.54) is 31.3 Å². The summed E-state index contributed by atoms with van der Waals surface area (Å²) in [7, 11) is 2.74. The van der Waals surface area contributed by atoms with Crippen LogP contribution >= 0.6 is 11.6 Å². The van der Waals surface area contributed by atoms with Crippen molar-refractivity contribution in [3.8, 4) is 11.5 Å². The van der Waals surface area contributed by atoms with Crippen molar-refractivity contribution in [1.29, 1.82) is 0 Å². The number of nitrogens with zero attached hydrogens (tertiary/aromatic N) is 2. The first-order chi connectivity index (χ1) is 19.7. The standard InChI is InChI=1S/C27H30ClF6N3O5/c1-5-42-25(39)37-15(2)8-20(19-12-22(40-3)23(41-4)13-21(19)37)36(24(38)35-7-6-28)14-16-9-17(26(29,30)31)11-18(10-16)27(32,33)34/h9-13,15,20H,5-8,14H2,1-4H3,(H,35,38)/t15-,20+/m1/s1. The molecule has 3 amide bonds. The Kier molecular flexibility index (Phi) is 10.3. The summed E-state index contributed by atoms with van der Waals surface area (Å²) in [5.74, 6) is 0.462. The van der Waals surface area contributed by atoms with Gasteiger partial charge in [0.25, 0.3) is 0 Å². The minimum absolute atomic E-state index is 0.000670. The van der Waals surface area contributed by atoms with Crippen LogP contribution in [0.15, 0.2) is 30.3 Å². The second-order valence-electron chi connectivity index (χ2n) is 9.40. The number of nitrogens with one attached hydrogen (secondary N) is 1. The lowest BCUT2D eigenvalue weighted by Crippen LogP contribution is -2.49. The largest absolute Gasteiger partial charge is 0.493 e. The Balaban J connectivity index is 2.22. The molecular formula is C27H30ClF6N3O5. The topological polar surface area (TPSA) is 80.3 Å². The third kappa shape index (κ3) is 7.26. The van der Waals surface area contributed by atoms with Crippen molar-refractivity contribution in [1.82, 2.24) is 10.2 Å². The number of hydrogen-bond acceptors (Lipinski definition) is 5. The molecule has 42 heavy (non-hydrogen) atoms. The highest BCUT2D eigenvalue weighted by Gasteiger charge is 2.41. The number of urea groups is 1. The van der Waals surface area contributed by atoms with Gasteiger partial charge in [-0.1, -0.05) is 0 Å². The van der Waals surface area contributed by atoms with Gasteiger partial charge >= 0.3 is 24.5 Å². The van der Waals surface area contributed by atoms with Crippen molar-refractivity contribution < 1.29 is 50.1 Å². The fourth-order valence-electron chi connectivity index (χ4n) is 4.81. The molecule has 0 spiro atoms. The lowest BCUT2D eigenvalue weighted by molar-refractivity contribution is -0.143. The number of ether oxygens (including phenoxy) is 3. The Morgan fingerprint density at radius 1 is 1.00 bits per heavy atom. The fraction of sp³-hybridized carbons (Fsp3) is 0.481. The second-order valence-corrected chi connectivity index (χ2v) is 9.78. The van der Waals surface area contributed by atoms with Crippen molar-refractivity contribution in [2.45, 2.75) is 51.2 Å². The first-order valence-electron chi connectivity index (χ1n) is 12.8. The summed E-state index contributed by atoms with van der Waals surface area (Å²) in [6.45, 7) is 2.70. The molecule has 2 aromatic carbocycles. The molecule has 0 radical (unpaired) electrons. The van der Waals surface area contributed by atoms with E-state index >= 15 is 0 Å². The Morgan fingerprint density at radius 2 is 1.57 bits per heavy atom. The fourth-order valence-corrected chi connectivity index (χ4v) is 4.90. The van der Waals surface area contributed by atoms with E-state index in [1.54, 1.807) is 13.8 Å². The predicted molar refractivity (Wildman–Crippen MR) is 142 cm³/mol. The van der Waals surface area contributed by atoms with Crippen molar-refractivity contribution >= 4 is 29.4 Å². The molecule has 2 aromatic rings. The molecule has 15 heteroatoms. The molecule has 3 rings (SSSR count). The van der Waals surface area contributed by atoms with E-state index in [2.05, 4.69) is 5.32 Å². The normalized spacial score (nSPS) is 16.9. The van der Waals surface area contributed by atoms with Crippen LogP contribution in [0.5, 0.6) is 11.5 Å². The Bertz CT molecular complexity index is 1260. The van der Waals surface area contributed by atoms with Gasteiger partial charge in [-0.3, -0.25) is 4.90 Å². The Labute approximate surface area is 243 Å².